The largest absolute Gasteiger partial charge is 0.454 e. The van der Waals surface area contributed by atoms with Gasteiger partial charge in [-0.25, -0.2) is 0 Å². The molecule has 7 heteroatoms. The molecular formula is C15H16N4O3. The van der Waals surface area contributed by atoms with Gasteiger partial charge in [0.15, 0.2) is 17.3 Å². The quantitative estimate of drug-likeness (QED) is 0.834. The third-order valence-corrected chi connectivity index (χ3v) is 4.06. The minimum atomic E-state index is -0.0605. The van der Waals surface area contributed by atoms with Gasteiger partial charge in [-0.05, 0) is 12.1 Å². The zero-order valence-electron chi connectivity index (χ0n) is 12.3. The number of carbonyl (C=O) groups is 1. The van der Waals surface area contributed by atoms with Crippen LogP contribution in [-0.2, 0) is 19.5 Å². The number of nitrogens with zero attached hydrogens (tertiary/aromatic N) is 4. The summed E-state index contributed by atoms with van der Waals surface area (Å²) in [7, 11) is 0. The second-order valence-electron chi connectivity index (χ2n) is 5.30. The first-order valence-corrected chi connectivity index (χ1v) is 7.36. The van der Waals surface area contributed by atoms with Gasteiger partial charge in [0.25, 0.3) is 5.91 Å². The van der Waals surface area contributed by atoms with Gasteiger partial charge in [0.05, 0.1) is 12.1 Å². The molecule has 3 heterocycles. The Morgan fingerprint density at radius 2 is 2.18 bits per heavy atom. The molecule has 0 spiro atoms. The Morgan fingerprint density at radius 1 is 1.27 bits per heavy atom. The van der Waals surface area contributed by atoms with Crippen molar-refractivity contribution in [3.63, 3.8) is 0 Å². The lowest BCUT2D eigenvalue weighted by atomic mass is 10.1. The van der Waals surface area contributed by atoms with E-state index in [2.05, 4.69) is 21.7 Å². The van der Waals surface area contributed by atoms with Crippen molar-refractivity contribution < 1.29 is 14.3 Å². The summed E-state index contributed by atoms with van der Waals surface area (Å²) in [4.78, 5) is 14.6. The van der Waals surface area contributed by atoms with E-state index in [0.717, 1.165) is 24.6 Å². The molecule has 2 aromatic rings. The molecule has 0 saturated carbocycles. The Balaban J connectivity index is 1.61. The fraction of sp³-hybridized carbons (Fsp3) is 0.400. The second-order valence-corrected chi connectivity index (χ2v) is 5.30. The molecule has 1 amide bonds. The smallest absolute Gasteiger partial charge is 0.258 e. The highest BCUT2D eigenvalue weighted by Gasteiger charge is 2.29. The van der Waals surface area contributed by atoms with Crippen molar-refractivity contribution in [1.29, 1.82) is 0 Å². The molecule has 114 valence electrons. The summed E-state index contributed by atoms with van der Waals surface area (Å²) in [5, 5.41) is 8.36. The predicted octanol–water partition coefficient (Wildman–Crippen LogP) is 1.23. The summed E-state index contributed by atoms with van der Waals surface area (Å²) in [6, 6.07) is 5.38. The van der Waals surface area contributed by atoms with Gasteiger partial charge >= 0.3 is 0 Å². The number of carbonyl (C=O) groups excluding carboxylic acids is 1. The molecule has 0 N–H and O–H groups in total. The van der Waals surface area contributed by atoms with Crippen molar-refractivity contribution in [2.24, 2.45) is 0 Å². The average Bonchev–Trinajstić information content (AvgIpc) is 3.19. The van der Waals surface area contributed by atoms with Gasteiger partial charge in [-0.15, -0.1) is 10.2 Å². The van der Waals surface area contributed by atoms with E-state index in [4.69, 9.17) is 9.47 Å². The number of benzene rings is 1. The van der Waals surface area contributed by atoms with Crippen LogP contribution in [-0.4, -0.2) is 38.9 Å². The number of ether oxygens (including phenoxy) is 2. The van der Waals surface area contributed by atoms with Crippen LogP contribution >= 0.6 is 0 Å². The summed E-state index contributed by atoms with van der Waals surface area (Å²) in [6.07, 6.45) is 0.846. The summed E-state index contributed by atoms with van der Waals surface area (Å²) in [5.74, 6) is 2.91. The van der Waals surface area contributed by atoms with Crippen LogP contribution in [0.25, 0.3) is 0 Å². The van der Waals surface area contributed by atoms with Crippen LogP contribution < -0.4 is 9.47 Å². The highest BCUT2D eigenvalue weighted by atomic mass is 16.7. The number of aromatic nitrogens is 3. The standard InChI is InChI=1S/C15H16N4O3/c1-2-12-16-17-13-8-18(6-7-19(12)13)15(20)10-4-3-5-11-14(10)22-9-21-11/h3-5H,2,6-9H2,1H3. The summed E-state index contributed by atoms with van der Waals surface area (Å²) >= 11 is 0. The fourth-order valence-corrected chi connectivity index (χ4v) is 2.92. The van der Waals surface area contributed by atoms with Crippen LogP contribution in [0, 0.1) is 0 Å². The molecule has 7 nitrogen and oxygen atoms in total. The number of aryl methyl sites for hydroxylation is 1. The summed E-state index contributed by atoms with van der Waals surface area (Å²) in [5.41, 5.74) is 0.540. The Hall–Kier alpha value is -2.57. The molecule has 2 aliphatic heterocycles. The predicted molar refractivity (Wildman–Crippen MR) is 76.7 cm³/mol. The average molecular weight is 300 g/mol. The zero-order chi connectivity index (χ0) is 15.1. The van der Waals surface area contributed by atoms with Gasteiger partial charge in [0, 0.05) is 19.5 Å². The molecule has 0 radical (unpaired) electrons. The van der Waals surface area contributed by atoms with E-state index in [-0.39, 0.29) is 12.7 Å². The van der Waals surface area contributed by atoms with Crippen molar-refractivity contribution in [3.8, 4) is 11.5 Å². The van der Waals surface area contributed by atoms with E-state index in [1.807, 2.05) is 6.07 Å². The molecule has 2 aliphatic rings. The molecule has 0 atom stereocenters. The van der Waals surface area contributed by atoms with Crippen LogP contribution in [0.2, 0.25) is 0 Å². The molecule has 1 aromatic carbocycles. The molecule has 0 unspecified atom stereocenters. The molecule has 22 heavy (non-hydrogen) atoms. The lowest BCUT2D eigenvalue weighted by Crippen LogP contribution is -2.38. The van der Waals surface area contributed by atoms with E-state index in [9.17, 15) is 4.79 Å². The van der Waals surface area contributed by atoms with E-state index < -0.39 is 0 Å². The van der Waals surface area contributed by atoms with Gasteiger partial charge in [-0.1, -0.05) is 13.0 Å². The fourth-order valence-electron chi connectivity index (χ4n) is 2.92. The number of para-hydroxylation sites is 1. The SMILES string of the molecule is CCc1nnc2n1CCN(C(=O)c1cccc3c1OCO3)C2. The number of hydrogen-bond donors (Lipinski definition) is 0. The Morgan fingerprint density at radius 3 is 3.05 bits per heavy atom. The van der Waals surface area contributed by atoms with Gasteiger partial charge in [-0.2, -0.15) is 0 Å². The van der Waals surface area contributed by atoms with Gasteiger partial charge < -0.3 is 18.9 Å². The Labute approximate surface area is 127 Å². The van der Waals surface area contributed by atoms with E-state index in [1.54, 1.807) is 17.0 Å². The normalized spacial score (nSPS) is 15.8. The van der Waals surface area contributed by atoms with Crippen molar-refractivity contribution >= 4 is 5.91 Å². The Kier molecular flexibility index (Phi) is 2.99. The van der Waals surface area contributed by atoms with Gasteiger partial charge in [0.1, 0.15) is 5.82 Å². The molecule has 0 bridgehead atoms. The molecule has 0 fully saturated rings. The zero-order valence-corrected chi connectivity index (χ0v) is 12.3. The lowest BCUT2D eigenvalue weighted by molar-refractivity contribution is 0.0702. The van der Waals surface area contributed by atoms with Crippen LogP contribution in [0.3, 0.4) is 0 Å². The molecule has 0 aliphatic carbocycles. The maximum atomic E-state index is 12.8. The first-order valence-electron chi connectivity index (χ1n) is 7.36. The van der Waals surface area contributed by atoms with Crippen LogP contribution in [0.4, 0.5) is 0 Å². The number of hydrogen-bond acceptors (Lipinski definition) is 5. The van der Waals surface area contributed by atoms with Crippen molar-refractivity contribution in [2.75, 3.05) is 13.3 Å². The summed E-state index contributed by atoms with van der Waals surface area (Å²) in [6.45, 7) is 4.05. The highest BCUT2D eigenvalue weighted by molar-refractivity contribution is 5.98. The van der Waals surface area contributed by atoms with Crippen molar-refractivity contribution in [2.45, 2.75) is 26.4 Å². The molecule has 1 aromatic heterocycles. The van der Waals surface area contributed by atoms with E-state index >= 15 is 0 Å². The van der Waals surface area contributed by atoms with Crippen LogP contribution in [0.15, 0.2) is 18.2 Å². The minimum Gasteiger partial charge on any atom is -0.454 e. The number of rotatable bonds is 2. The second kappa shape index (κ2) is 5.01. The molecule has 0 saturated heterocycles. The lowest BCUT2D eigenvalue weighted by Gasteiger charge is -2.28. The van der Waals surface area contributed by atoms with Gasteiger partial charge in [0.2, 0.25) is 6.79 Å². The van der Waals surface area contributed by atoms with E-state index in [0.29, 0.717) is 30.2 Å². The third kappa shape index (κ3) is 1.93. The van der Waals surface area contributed by atoms with Crippen molar-refractivity contribution in [1.82, 2.24) is 19.7 Å². The first kappa shape index (κ1) is 13.1. The number of fused-ring (bicyclic) bond motifs is 2. The van der Waals surface area contributed by atoms with E-state index in [1.165, 1.54) is 0 Å². The maximum absolute atomic E-state index is 12.8. The topological polar surface area (TPSA) is 69.5 Å². The van der Waals surface area contributed by atoms with Gasteiger partial charge in [-0.3, -0.25) is 4.79 Å². The molecule has 4 rings (SSSR count). The third-order valence-electron chi connectivity index (χ3n) is 4.06. The monoisotopic (exact) mass is 300 g/mol. The summed E-state index contributed by atoms with van der Waals surface area (Å²) < 4.78 is 12.9. The Bertz CT molecular complexity index is 740. The van der Waals surface area contributed by atoms with Crippen LogP contribution in [0.5, 0.6) is 11.5 Å². The highest BCUT2D eigenvalue weighted by Crippen LogP contribution is 2.36. The first-order chi connectivity index (χ1) is 10.8. The van der Waals surface area contributed by atoms with Crippen molar-refractivity contribution in [3.05, 3.63) is 35.4 Å². The number of amides is 1. The molecular weight excluding hydrogens is 284 g/mol. The maximum Gasteiger partial charge on any atom is 0.258 e. The van der Waals surface area contributed by atoms with Crippen LogP contribution in [0.1, 0.15) is 28.9 Å². The minimum absolute atomic E-state index is 0.0605.